The van der Waals surface area contributed by atoms with E-state index >= 15 is 0 Å². The number of rotatable bonds is 9. The van der Waals surface area contributed by atoms with Gasteiger partial charge in [-0.1, -0.05) is 59.6 Å². The molecule has 9 heteroatoms. The number of amides is 1. The number of carbonyl (C=O) groups excluding carboxylic acids is 1. The van der Waals surface area contributed by atoms with Crippen LogP contribution >= 0.6 is 23.2 Å². The second-order valence-electron chi connectivity index (χ2n) is 6.89. The fourth-order valence-corrected chi connectivity index (χ4v) is 4.66. The Balaban J connectivity index is 1.73. The first-order chi connectivity index (χ1) is 15.3. The molecule has 0 atom stereocenters. The van der Waals surface area contributed by atoms with Gasteiger partial charge in [0.1, 0.15) is 18.9 Å². The number of benzene rings is 3. The monoisotopic (exact) mass is 492 g/mol. The minimum atomic E-state index is -4.02. The molecular formula is C23H22Cl2N2O4S. The Kier molecular flexibility index (Phi) is 8.01. The third kappa shape index (κ3) is 5.94. The molecule has 0 unspecified atom stereocenters. The van der Waals surface area contributed by atoms with Gasteiger partial charge in [-0.25, -0.2) is 8.42 Å². The highest BCUT2D eigenvalue weighted by Gasteiger charge is 2.27. The summed E-state index contributed by atoms with van der Waals surface area (Å²) in [7, 11) is -4.02. The van der Waals surface area contributed by atoms with Crippen LogP contribution in [0.25, 0.3) is 0 Å². The lowest BCUT2D eigenvalue weighted by Crippen LogP contribution is -2.41. The van der Waals surface area contributed by atoms with Crippen molar-refractivity contribution in [1.29, 1.82) is 0 Å². The van der Waals surface area contributed by atoms with Crippen LogP contribution in [-0.2, 0) is 14.8 Å². The average Bonchev–Trinajstić information content (AvgIpc) is 2.78. The molecule has 0 aliphatic rings. The van der Waals surface area contributed by atoms with Gasteiger partial charge in [0.05, 0.1) is 27.2 Å². The van der Waals surface area contributed by atoms with E-state index in [1.165, 1.54) is 30.3 Å². The number of ether oxygens (including phenoxy) is 1. The summed E-state index contributed by atoms with van der Waals surface area (Å²) in [4.78, 5) is 12.7. The molecule has 0 aromatic heterocycles. The molecule has 0 spiro atoms. The Bertz CT molecular complexity index is 1190. The topological polar surface area (TPSA) is 75.7 Å². The molecule has 0 bridgehead atoms. The minimum absolute atomic E-state index is 0.0572. The number of nitrogens with zero attached hydrogens (tertiary/aromatic N) is 1. The zero-order valence-corrected chi connectivity index (χ0v) is 19.6. The number of sulfonamides is 1. The molecule has 0 fully saturated rings. The van der Waals surface area contributed by atoms with Crippen LogP contribution in [0.5, 0.6) is 5.75 Å². The highest BCUT2D eigenvalue weighted by atomic mass is 35.5. The van der Waals surface area contributed by atoms with Crippen molar-refractivity contribution in [2.24, 2.45) is 0 Å². The van der Waals surface area contributed by atoms with Gasteiger partial charge in [0, 0.05) is 0 Å². The second-order valence-corrected chi connectivity index (χ2v) is 9.56. The molecule has 1 amide bonds. The molecule has 0 aliphatic heterocycles. The Labute approximate surface area is 197 Å². The molecule has 0 saturated heterocycles. The van der Waals surface area contributed by atoms with Gasteiger partial charge in [0.15, 0.2) is 0 Å². The lowest BCUT2D eigenvalue weighted by molar-refractivity contribution is -0.119. The van der Waals surface area contributed by atoms with Crippen molar-refractivity contribution in [3.63, 3.8) is 0 Å². The molecule has 3 aromatic carbocycles. The summed E-state index contributed by atoms with van der Waals surface area (Å²) in [5.41, 5.74) is 1.22. The Morgan fingerprint density at radius 2 is 1.66 bits per heavy atom. The zero-order valence-electron chi connectivity index (χ0n) is 17.3. The molecule has 0 heterocycles. The summed E-state index contributed by atoms with van der Waals surface area (Å²) in [5.74, 6) is 0.245. The number of nitrogens with one attached hydrogen (secondary N) is 1. The summed E-state index contributed by atoms with van der Waals surface area (Å²) in [5, 5.41) is 3.16. The maximum atomic E-state index is 13.3. The van der Waals surface area contributed by atoms with Gasteiger partial charge in [-0.05, 0) is 48.9 Å². The van der Waals surface area contributed by atoms with E-state index in [4.69, 9.17) is 27.9 Å². The van der Waals surface area contributed by atoms with E-state index in [2.05, 4.69) is 5.32 Å². The number of carbonyl (C=O) groups is 1. The van der Waals surface area contributed by atoms with E-state index in [1.54, 1.807) is 18.2 Å². The van der Waals surface area contributed by atoms with Crippen LogP contribution in [0.1, 0.15) is 5.56 Å². The molecular weight excluding hydrogens is 471 g/mol. The highest BCUT2D eigenvalue weighted by molar-refractivity contribution is 7.92. The van der Waals surface area contributed by atoms with Gasteiger partial charge in [-0.15, -0.1) is 0 Å². The van der Waals surface area contributed by atoms with Gasteiger partial charge < -0.3 is 10.1 Å². The SMILES string of the molecule is Cc1ccccc1OCCNC(=O)CN(c1ccc(Cl)c(Cl)c1)S(=O)(=O)c1ccccc1. The molecule has 32 heavy (non-hydrogen) atoms. The largest absolute Gasteiger partial charge is 0.491 e. The van der Waals surface area contributed by atoms with Crippen molar-refractivity contribution in [2.75, 3.05) is 24.0 Å². The quantitative estimate of drug-likeness (QED) is 0.439. The molecule has 1 N–H and O–H groups in total. The molecule has 0 saturated carbocycles. The van der Waals surface area contributed by atoms with E-state index < -0.39 is 22.5 Å². The van der Waals surface area contributed by atoms with Crippen molar-refractivity contribution < 1.29 is 17.9 Å². The van der Waals surface area contributed by atoms with Gasteiger partial charge >= 0.3 is 0 Å². The first kappa shape index (κ1) is 23.9. The maximum absolute atomic E-state index is 13.3. The number of para-hydroxylation sites is 1. The standard InChI is InChI=1S/C23H22Cl2N2O4S/c1-17-7-5-6-10-22(17)31-14-13-26-23(28)16-27(18-11-12-20(24)21(25)15-18)32(29,30)19-8-3-2-4-9-19/h2-12,15H,13-14,16H2,1H3,(H,26,28). The fraction of sp³-hybridized carbons (Fsp3) is 0.174. The summed E-state index contributed by atoms with van der Waals surface area (Å²) in [6.45, 7) is 1.96. The normalized spacial score (nSPS) is 11.1. The zero-order chi connectivity index (χ0) is 23.1. The lowest BCUT2D eigenvalue weighted by atomic mass is 10.2. The van der Waals surface area contributed by atoms with Crippen molar-refractivity contribution in [3.05, 3.63) is 88.4 Å². The average molecular weight is 493 g/mol. The summed E-state index contributed by atoms with van der Waals surface area (Å²) in [6, 6.07) is 19.8. The van der Waals surface area contributed by atoms with Crippen LogP contribution in [0.4, 0.5) is 5.69 Å². The summed E-state index contributed by atoms with van der Waals surface area (Å²) >= 11 is 12.1. The number of hydrogen-bond donors (Lipinski definition) is 1. The third-order valence-corrected chi connectivity index (χ3v) is 7.11. The van der Waals surface area contributed by atoms with Crippen molar-refractivity contribution in [2.45, 2.75) is 11.8 Å². The summed E-state index contributed by atoms with van der Waals surface area (Å²) < 4.78 is 33.2. The Hall–Kier alpha value is -2.74. The van der Waals surface area contributed by atoms with Gasteiger partial charge in [0.25, 0.3) is 10.0 Å². The molecule has 0 radical (unpaired) electrons. The first-order valence-corrected chi connectivity index (χ1v) is 12.0. The second kappa shape index (κ2) is 10.7. The van der Waals surface area contributed by atoms with Crippen molar-refractivity contribution in [3.8, 4) is 5.75 Å². The molecule has 3 rings (SSSR count). The van der Waals surface area contributed by atoms with Gasteiger partial charge in [-0.2, -0.15) is 0 Å². The van der Waals surface area contributed by atoms with Gasteiger partial charge in [0.2, 0.25) is 5.91 Å². The molecule has 6 nitrogen and oxygen atoms in total. The predicted octanol–water partition coefficient (Wildman–Crippen LogP) is 4.69. The van der Waals surface area contributed by atoms with Crippen molar-refractivity contribution in [1.82, 2.24) is 5.32 Å². The van der Waals surface area contributed by atoms with E-state index in [0.717, 1.165) is 15.6 Å². The number of hydrogen-bond acceptors (Lipinski definition) is 4. The molecule has 3 aromatic rings. The fourth-order valence-electron chi connectivity index (χ4n) is 2.93. The summed E-state index contributed by atoms with van der Waals surface area (Å²) in [6.07, 6.45) is 0. The van der Waals surface area contributed by atoms with E-state index in [1.807, 2.05) is 31.2 Å². The minimum Gasteiger partial charge on any atom is -0.491 e. The number of halogens is 2. The third-order valence-electron chi connectivity index (χ3n) is 4.58. The van der Waals surface area contributed by atoms with Crippen LogP contribution in [0.15, 0.2) is 77.7 Å². The molecule has 0 aliphatic carbocycles. The van der Waals surface area contributed by atoms with Crippen molar-refractivity contribution >= 4 is 44.8 Å². The number of anilines is 1. The Morgan fingerprint density at radius 1 is 0.969 bits per heavy atom. The maximum Gasteiger partial charge on any atom is 0.264 e. The number of aryl methyl sites for hydroxylation is 1. The van der Waals surface area contributed by atoms with Gasteiger partial charge in [-0.3, -0.25) is 9.10 Å². The van der Waals surface area contributed by atoms with E-state index in [9.17, 15) is 13.2 Å². The first-order valence-electron chi connectivity index (χ1n) is 9.77. The van der Waals surface area contributed by atoms with E-state index in [0.29, 0.717) is 0 Å². The van der Waals surface area contributed by atoms with Crippen LogP contribution in [-0.4, -0.2) is 34.0 Å². The lowest BCUT2D eigenvalue weighted by Gasteiger charge is -2.24. The molecule has 168 valence electrons. The van der Waals surface area contributed by atoms with Crippen LogP contribution in [0.3, 0.4) is 0 Å². The van der Waals surface area contributed by atoms with Crippen LogP contribution in [0, 0.1) is 6.92 Å². The highest BCUT2D eigenvalue weighted by Crippen LogP contribution is 2.30. The van der Waals surface area contributed by atoms with Crippen LogP contribution in [0.2, 0.25) is 10.0 Å². The predicted molar refractivity (Wildman–Crippen MR) is 127 cm³/mol. The van der Waals surface area contributed by atoms with Crippen LogP contribution < -0.4 is 14.4 Å². The Morgan fingerprint density at radius 3 is 2.34 bits per heavy atom. The van der Waals surface area contributed by atoms with E-state index in [-0.39, 0.29) is 33.8 Å². The smallest absolute Gasteiger partial charge is 0.264 e.